The molecule has 116 valence electrons. The van der Waals surface area contributed by atoms with Crippen molar-refractivity contribution >= 4 is 11.6 Å². The first-order chi connectivity index (χ1) is 10.6. The van der Waals surface area contributed by atoms with Crippen molar-refractivity contribution in [2.45, 2.75) is 51.0 Å². The molecular weight excluding hydrogens is 274 g/mol. The second-order valence-electron chi connectivity index (χ2n) is 6.64. The van der Waals surface area contributed by atoms with Gasteiger partial charge in [-0.1, -0.05) is 12.1 Å². The van der Waals surface area contributed by atoms with Gasteiger partial charge in [0.25, 0.3) is 0 Å². The van der Waals surface area contributed by atoms with Crippen molar-refractivity contribution in [3.63, 3.8) is 0 Å². The molecule has 0 aromatic heterocycles. The predicted molar refractivity (Wildman–Crippen MR) is 86.5 cm³/mol. The van der Waals surface area contributed by atoms with Crippen LogP contribution in [-0.4, -0.2) is 18.0 Å². The minimum atomic E-state index is -0.713. The molecule has 2 N–H and O–H groups in total. The minimum absolute atomic E-state index is 0.107. The summed E-state index contributed by atoms with van der Waals surface area (Å²) in [6.45, 7) is 2.05. The van der Waals surface area contributed by atoms with E-state index in [-0.39, 0.29) is 12.5 Å². The molecule has 22 heavy (non-hydrogen) atoms. The van der Waals surface area contributed by atoms with Crippen LogP contribution in [0.15, 0.2) is 18.2 Å². The Kier molecular flexibility index (Phi) is 4.06. The second kappa shape index (κ2) is 6.00. The quantitative estimate of drug-likeness (QED) is 0.878. The Bertz CT molecular complexity index is 615. The van der Waals surface area contributed by atoms with Gasteiger partial charge in [0, 0.05) is 5.69 Å². The van der Waals surface area contributed by atoms with Gasteiger partial charge in [-0.3, -0.25) is 4.79 Å². The second-order valence-corrected chi connectivity index (χ2v) is 6.64. The van der Waals surface area contributed by atoms with Crippen LogP contribution in [0.1, 0.15) is 43.7 Å². The SMILES string of the molecule is CC(C#N)(NC(=O)CNc1cccc2c1CCCC2)C1CC1. The van der Waals surface area contributed by atoms with Gasteiger partial charge in [0.2, 0.25) is 5.91 Å². The Hall–Kier alpha value is -2.02. The lowest BCUT2D eigenvalue weighted by Gasteiger charge is -2.24. The molecular formula is C18H23N3O. The summed E-state index contributed by atoms with van der Waals surface area (Å²) >= 11 is 0. The summed E-state index contributed by atoms with van der Waals surface area (Å²) in [5.41, 5.74) is 3.11. The number of nitriles is 1. The lowest BCUT2D eigenvalue weighted by Crippen LogP contribution is -2.48. The number of nitrogens with zero attached hydrogens (tertiary/aromatic N) is 1. The third-order valence-corrected chi connectivity index (χ3v) is 4.86. The van der Waals surface area contributed by atoms with Crippen LogP contribution in [0.25, 0.3) is 0 Å². The van der Waals surface area contributed by atoms with E-state index in [4.69, 9.17) is 0 Å². The van der Waals surface area contributed by atoms with Crippen molar-refractivity contribution in [3.8, 4) is 6.07 Å². The minimum Gasteiger partial charge on any atom is -0.376 e. The van der Waals surface area contributed by atoms with Crippen molar-refractivity contribution in [1.82, 2.24) is 5.32 Å². The molecule has 0 bridgehead atoms. The number of nitrogens with one attached hydrogen (secondary N) is 2. The molecule has 1 amide bonds. The van der Waals surface area contributed by atoms with Gasteiger partial charge in [-0.05, 0) is 68.6 Å². The van der Waals surface area contributed by atoms with E-state index in [1.165, 1.54) is 24.0 Å². The zero-order valence-electron chi connectivity index (χ0n) is 13.1. The highest BCUT2D eigenvalue weighted by Crippen LogP contribution is 2.39. The van der Waals surface area contributed by atoms with Gasteiger partial charge in [-0.25, -0.2) is 0 Å². The molecule has 1 aromatic carbocycles. The van der Waals surface area contributed by atoms with Crippen molar-refractivity contribution < 1.29 is 4.79 Å². The number of aryl methyl sites for hydroxylation is 1. The van der Waals surface area contributed by atoms with Gasteiger partial charge in [-0.15, -0.1) is 0 Å². The topological polar surface area (TPSA) is 64.9 Å². The normalized spacial score (nSPS) is 19.5. The first kappa shape index (κ1) is 14.9. The van der Waals surface area contributed by atoms with Crippen LogP contribution < -0.4 is 10.6 Å². The van der Waals surface area contributed by atoms with Crippen LogP contribution in [-0.2, 0) is 17.6 Å². The smallest absolute Gasteiger partial charge is 0.240 e. The fraction of sp³-hybridized carbons (Fsp3) is 0.556. The summed E-state index contributed by atoms with van der Waals surface area (Å²) in [7, 11) is 0. The van der Waals surface area contributed by atoms with Crippen LogP contribution >= 0.6 is 0 Å². The predicted octanol–water partition coefficient (Wildman–Crippen LogP) is 2.79. The molecule has 3 rings (SSSR count). The van der Waals surface area contributed by atoms with Crippen molar-refractivity contribution in [3.05, 3.63) is 29.3 Å². The number of rotatable bonds is 5. The number of hydrogen-bond acceptors (Lipinski definition) is 3. The fourth-order valence-corrected chi connectivity index (χ4v) is 3.34. The number of benzene rings is 1. The van der Waals surface area contributed by atoms with E-state index in [0.717, 1.165) is 31.4 Å². The zero-order chi connectivity index (χ0) is 15.6. The van der Waals surface area contributed by atoms with Gasteiger partial charge in [0.05, 0.1) is 12.6 Å². The molecule has 1 atom stereocenters. The van der Waals surface area contributed by atoms with E-state index >= 15 is 0 Å². The number of carbonyl (C=O) groups excluding carboxylic acids is 1. The molecule has 0 saturated heterocycles. The van der Waals surface area contributed by atoms with Crippen LogP contribution in [0.3, 0.4) is 0 Å². The molecule has 0 radical (unpaired) electrons. The summed E-state index contributed by atoms with van der Waals surface area (Å²) in [5.74, 6) is 0.204. The number of amides is 1. The Morgan fingerprint density at radius 3 is 2.86 bits per heavy atom. The number of carbonyl (C=O) groups is 1. The third kappa shape index (κ3) is 3.09. The average molecular weight is 297 g/mol. The third-order valence-electron chi connectivity index (χ3n) is 4.86. The molecule has 2 aliphatic rings. The van der Waals surface area contributed by atoms with Crippen LogP contribution in [0.5, 0.6) is 0 Å². The molecule has 4 heteroatoms. The molecule has 2 aliphatic carbocycles. The lowest BCUT2D eigenvalue weighted by atomic mass is 9.90. The van der Waals surface area contributed by atoms with E-state index in [9.17, 15) is 10.1 Å². The van der Waals surface area contributed by atoms with E-state index in [2.05, 4.69) is 22.8 Å². The summed E-state index contributed by atoms with van der Waals surface area (Å²) in [6.07, 6.45) is 6.74. The molecule has 1 aromatic rings. The van der Waals surface area contributed by atoms with Gasteiger partial charge in [0.1, 0.15) is 5.54 Å². The zero-order valence-corrected chi connectivity index (χ0v) is 13.1. The number of anilines is 1. The highest BCUT2D eigenvalue weighted by Gasteiger charge is 2.42. The molecule has 1 fully saturated rings. The first-order valence-electron chi connectivity index (χ1n) is 8.19. The largest absolute Gasteiger partial charge is 0.376 e. The monoisotopic (exact) mass is 297 g/mol. The van der Waals surface area contributed by atoms with Gasteiger partial charge >= 0.3 is 0 Å². The summed E-state index contributed by atoms with van der Waals surface area (Å²) in [6, 6.07) is 8.53. The summed E-state index contributed by atoms with van der Waals surface area (Å²) in [5, 5.41) is 15.5. The molecule has 0 spiro atoms. The van der Waals surface area contributed by atoms with E-state index in [1.807, 2.05) is 19.1 Å². The van der Waals surface area contributed by atoms with Crippen molar-refractivity contribution in [1.29, 1.82) is 5.26 Å². The Morgan fingerprint density at radius 1 is 1.36 bits per heavy atom. The highest BCUT2D eigenvalue weighted by molar-refractivity contribution is 5.82. The standard InChI is InChI=1S/C18H23N3O/c1-18(12-19,14-9-10-14)21-17(22)11-20-16-8-4-6-13-5-2-3-7-15(13)16/h4,6,8,14,20H,2-3,5,7,9-11H2,1H3,(H,21,22). The average Bonchev–Trinajstić information content (AvgIpc) is 3.38. The maximum atomic E-state index is 12.2. The number of hydrogen-bond donors (Lipinski definition) is 2. The fourth-order valence-electron chi connectivity index (χ4n) is 3.34. The van der Waals surface area contributed by atoms with Crippen LogP contribution in [0, 0.1) is 17.2 Å². The summed E-state index contributed by atoms with van der Waals surface area (Å²) in [4.78, 5) is 12.2. The molecule has 0 aliphatic heterocycles. The van der Waals surface area contributed by atoms with Gasteiger partial charge in [0.15, 0.2) is 0 Å². The van der Waals surface area contributed by atoms with Crippen molar-refractivity contribution in [2.75, 3.05) is 11.9 Å². The molecule has 0 heterocycles. The molecule has 4 nitrogen and oxygen atoms in total. The first-order valence-corrected chi connectivity index (χ1v) is 8.19. The highest BCUT2D eigenvalue weighted by atomic mass is 16.2. The van der Waals surface area contributed by atoms with Crippen LogP contribution in [0.2, 0.25) is 0 Å². The van der Waals surface area contributed by atoms with E-state index in [1.54, 1.807) is 0 Å². The molecule has 1 saturated carbocycles. The van der Waals surface area contributed by atoms with Crippen molar-refractivity contribution in [2.24, 2.45) is 5.92 Å². The Morgan fingerprint density at radius 2 is 2.14 bits per heavy atom. The van der Waals surface area contributed by atoms with Gasteiger partial charge < -0.3 is 10.6 Å². The maximum absolute atomic E-state index is 12.2. The lowest BCUT2D eigenvalue weighted by molar-refractivity contribution is -0.120. The van der Waals surface area contributed by atoms with E-state index < -0.39 is 5.54 Å². The summed E-state index contributed by atoms with van der Waals surface area (Å²) < 4.78 is 0. The Labute approximate surface area is 131 Å². The maximum Gasteiger partial charge on any atom is 0.240 e. The van der Waals surface area contributed by atoms with Gasteiger partial charge in [-0.2, -0.15) is 5.26 Å². The Balaban J connectivity index is 1.61. The number of fused-ring (bicyclic) bond motifs is 1. The van der Waals surface area contributed by atoms with Crippen LogP contribution in [0.4, 0.5) is 5.69 Å². The molecule has 1 unspecified atom stereocenters. The van der Waals surface area contributed by atoms with E-state index in [0.29, 0.717) is 5.92 Å².